The summed E-state index contributed by atoms with van der Waals surface area (Å²) in [5.41, 5.74) is 6.91. The Morgan fingerprint density at radius 1 is 1.24 bits per heavy atom. The summed E-state index contributed by atoms with van der Waals surface area (Å²) in [5, 5.41) is 2.75. The quantitative estimate of drug-likeness (QED) is 0.812. The van der Waals surface area contributed by atoms with Crippen molar-refractivity contribution in [1.29, 1.82) is 0 Å². The van der Waals surface area contributed by atoms with Gasteiger partial charge in [0.2, 0.25) is 0 Å². The molecule has 2 aromatic carbocycles. The molecular formula is C15H15BrN2O3. The first-order valence-corrected chi connectivity index (χ1v) is 7.00. The molecular weight excluding hydrogens is 336 g/mol. The summed E-state index contributed by atoms with van der Waals surface area (Å²) in [5.74, 6) is 0.684. The van der Waals surface area contributed by atoms with Gasteiger partial charge < -0.3 is 20.5 Å². The molecule has 0 unspecified atom stereocenters. The third-order valence-corrected chi connectivity index (χ3v) is 3.39. The number of anilines is 2. The molecule has 0 aliphatic rings. The number of hydrogen-bond acceptors (Lipinski definition) is 4. The lowest BCUT2D eigenvalue weighted by Crippen LogP contribution is -2.20. The maximum atomic E-state index is 11.9. The number of halogens is 1. The van der Waals surface area contributed by atoms with E-state index in [0.29, 0.717) is 22.9 Å². The van der Waals surface area contributed by atoms with Gasteiger partial charge in [0.15, 0.2) is 18.1 Å². The second-order valence-electron chi connectivity index (χ2n) is 4.23. The van der Waals surface area contributed by atoms with Crippen molar-refractivity contribution >= 4 is 33.2 Å². The van der Waals surface area contributed by atoms with Crippen LogP contribution in [0.25, 0.3) is 0 Å². The van der Waals surface area contributed by atoms with Crippen LogP contribution in [-0.2, 0) is 4.79 Å². The van der Waals surface area contributed by atoms with Crippen LogP contribution in [0.4, 0.5) is 11.4 Å². The molecule has 0 aliphatic carbocycles. The number of nitrogens with one attached hydrogen (secondary N) is 1. The number of nitrogens with two attached hydrogens (primary N) is 1. The fraction of sp³-hybridized carbons (Fsp3) is 0.133. The fourth-order valence-corrected chi connectivity index (χ4v) is 2.08. The molecule has 3 N–H and O–H groups in total. The maximum absolute atomic E-state index is 11.9. The highest BCUT2D eigenvalue weighted by Crippen LogP contribution is 2.29. The minimum absolute atomic E-state index is 0.138. The van der Waals surface area contributed by atoms with E-state index >= 15 is 0 Å². The summed E-state index contributed by atoms with van der Waals surface area (Å²) >= 11 is 3.36. The molecule has 0 fully saturated rings. The molecule has 0 radical (unpaired) electrons. The number of methoxy groups -OCH3 is 1. The molecule has 0 atom stereocenters. The summed E-state index contributed by atoms with van der Waals surface area (Å²) in [4.78, 5) is 11.9. The van der Waals surface area contributed by atoms with Gasteiger partial charge in [0, 0.05) is 16.2 Å². The molecule has 2 rings (SSSR count). The zero-order valence-electron chi connectivity index (χ0n) is 11.4. The number of hydrogen-bond donors (Lipinski definition) is 2. The summed E-state index contributed by atoms with van der Waals surface area (Å²) < 4.78 is 11.4. The van der Waals surface area contributed by atoms with E-state index in [0.717, 1.165) is 4.47 Å². The highest BCUT2D eigenvalue weighted by atomic mass is 79.9. The van der Waals surface area contributed by atoms with Gasteiger partial charge in [-0.3, -0.25) is 4.79 Å². The van der Waals surface area contributed by atoms with Gasteiger partial charge in [0.25, 0.3) is 5.91 Å². The summed E-state index contributed by atoms with van der Waals surface area (Å²) in [6.07, 6.45) is 0. The lowest BCUT2D eigenvalue weighted by molar-refractivity contribution is -0.118. The molecule has 0 bridgehead atoms. The van der Waals surface area contributed by atoms with Crippen molar-refractivity contribution in [1.82, 2.24) is 0 Å². The Morgan fingerprint density at radius 3 is 2.71 bits per heavy atom. The van der Waals surface area contributed by atoms with E-state index in [1.165, 1.54) is 7.11 Å². The fourth-order valence-electron chi connectivity index (χ4n) is 1.70. The Bertz CT molecular complexity index is 647. The first-order valence-electron chi connectivity index (χ1n) is 6.21. The number of benzene rings is 2. The smallest absolute Gasteiger partial charge is 0.262 e. The summed E-state index contributed by atoms with van der Waals surface area (Å²) in [6.45, 7) is -0.138. The zero-order valence-corrected chi connectivity index (χ0v) is 13.0. The monoisotopic (exact) mass is 350 g/mol. The first-order chi connectivity index (χ1) is 10.1. The standard InChI is InChI=1S/C15H15BrN2O3/c1-20-13-7-6-10(17)8-14(13)21-9-15(19)18-12-5-3-2-4-11(12)16/h2-8H,9,17H2,1H3,(H,18,19). The molecule has 0 spiro atoms. The third kappa shape index (κ3) is 4.13. The van der Waals surface area contributed by atoms with Gasteiger partial charge in [-0.25, -0.2) is 0 Å². The van der Waals surface area contributed by atoms with Gasteiger partial charge in [0.05, 0.1) is 12.8 Å². The van der Waals surface area contributed by atoms with Gasteiger partial charge in [-0.05, 0) is 40.2 Å². The molecule has 5 nitrogen and oxygen atoms in total. The highest BCUT2D eigenvalue weighted by Gasteiger charge is 2.09. The molecule has 0 aromatic heterocycles. The minimum atomic E-state index is -0.272. The number of carbonyl (C=O) groups excluding carboxylic acids is 1. The van der Waals surface area contributed by atoms with Crippen LogP contribution in [0.15, 0.2) is 46.9 Å². The second-order valence-corrected chi connectivity index (χ2v) is 5.08. The SMILES string of the molecule is COc1ccc(N)cc1OCC(=O)Nc1ccccc1Br. The molecule has 0 aliphatic heterocycles. The van der Waals surface area contributed by atoms with Crippen LogP contribution in [0.5, 0.6) is 11.5 Å². The Morgan fingerprint density at radius 2 is 2.00 bits per heavy atom. The van der Waals surface area contributed by atoms with E-state index in [9.17, 15) is 4.79 Å². The topological polar surface area (TPSA) is 73.6 Å². The van der Waals surface area contributed by atoms with Crippen LogP contribution >= 0.6 is 15.9 Å². The predicted molar refractivity (Wildman–Crippen MR) is 85.7 cm³/mol. The minimum Gasteiger partial charge on any atom is -0.493 e. The van der Waals surface area contributed by atoms with Crippen molar-refractivity contribution in [2.75, 3.05) is 24.8 Å². The first kappa shape index (κ1) is 15.2. The van der Waals surface area contributed by atoms with E-state index in [4.69, 9.17) is 15.2 Å². The molecule has 110 valence electrons. The summed E-state index contributed by atoms with van der Waals surface area (Å²) in [6, 6.07) is 12.4. The van der Waals surface area contributed by atoms with Crippen LogP contribution < -0.4 is 20.5 Å². The average molecular weight is 351 g/mol. The molecule has 0 saturated carbocycles. The lowest BCUT2D eigenvalue weighted by atomic mass is 10.3. The number of nitrogen functional groups attached to an aromatic ring is 1. The predicted octanol–water partition coefficient (Wildman–Crippen LogP) is 3.06. The van der Waals surface area contributed by atoms with Crippen LogP contribution in [0.1, 0.15) is 0 Å². The van der Waals surface area contributed by atoms with Gasteiger partial charge in [-0.1, -0.05) is 12.1 Å². The number of ether oxygens (including phenoxy) is 2. The Kier molecular flexibility index (Phi) is 5.05. The van der Waals surface area contributed by atoms with Crippen LogP contribution in [-0.4, -0.2) is 19.6 Å². The molecule has 1 amide bonds. The van der Waals surface area contributed by atoms with Crippen molar-refractivity contribution in [2.45, 2.75) is 0 Å². The largest absolute Gasteiger partial charge is 0.493 e. The normalized spacial score (nSPS) is 10.0. The Labute approximate surface area is 131 Å². The molecule has 0 heterocycles. The lowest BCUT2D eigenvalue weighted by Gasteiger charge is -2.12. The van der Waals surface area contributed by atoms with Crippen molar-refractivity contribution in [3.63, 3.8) is 0 Å². The second kappa shape index (κ2) is 6.99. The summed E-state index contributed by atoms with van der Waals surface area (Å²) in [7, 11) is 1.53. The van der Waals surface area contributed by atoms with E-state index in [1.807, 2.05) is 18.2 Å². The zero-order chi connectivity index (χ0) is 15.2. The number of carbonyl (C=O) groups is 1. The van der Waals surface area contributed by atoms with Crippen molar-refractivity contribution in [3.8, 4) is 11.5 Å². The molecule has 6 heteroatoms. The van der Waals surface area contributed by atoms with Crippen molar-refractivity contribution in [2.24, 2.45) is 0 Å². The van der Waals surface area contributed by atoms with Crippen LogP contribution in [0.2, 0.25) is 0 Å². The Hall–Kier alpha value is -2.21. The van der Waals surface area contributed by atoms with E-state index < -0.39 is 0 Å². The number of amides is 1. The average Bonchev–Trinajstić information content (AvgIpc) is 2.48. The van der Waals surface area contributed by atoms with Gasteiger partial charge in [-0.15, -0.1) is 0 Å². The number of para-hydroxylation sites is 1. The van der Waals surface area contributed by atoms with Gasteiger partial charge in [-0.2, -0.15) is 0 Å². The van der Waals surface area contributed by atoms with Gasteiger partial charge >= 0.3 is 0 Å². The molecule has 2 aromatic rings. The maximum Gasteiger partial charge on any atom is 0.262 e. The van der Waals surface area contributed by atoms with Crippen molar-refractivity contribution in [3.05, 3.63) is 46.9 Å². The van der Waals surface area contributed by atoms with E-state index in [2.05, 4.69) is 21.2 Å². The van der Waals surface area contributed by atoms with Crippen molar-refractivity contribution < 1.29 is 14.3 Å². The third-order valence-electron chi connectivity index (χ3n) is 2.69. The molecule has 0 saturated heterocycles. The molecule has 21 heavy (non-hydrogen) atoms. The Balaban J connectivity index is 1.98. The van der Waals surface area contributed by atoms with Crippen LogP contribution in [0.3, 0.4) is 0 Å². The number of rotatable bonds is 5. The van der Waals surface area contributed by atoms with Gasteiger partial charge in [0.1, 0.15) is 0 Å². The highest BCUT2D eigenvalue weighted by molar-refractivity contribution is 9.10. The van der Waals surface area contributed by atoms with E-state index in [-0.39, 0.29) is 12.5 Å². The van der Waals surface area contributed by atoms with E-state index in [1.54, 1.807) is 24.3 Å². The van der Waals surface area contributed by atoms with Crippen LogP contribution in [0, 0.1) is 0 Å².